The number of anilines is 1. The van der Waals surface area contributed by atoms with Gasteiger partial charge in [-0.05, 0) is 33.3 Å². The van der Waals surface area contributed by atoms with Gasteiger partial charge < -0.3 is 14.8 Å². The van der Waals surface area contributed by atoms with Gasteiger partial charge in [0.1, 0.15) is 17.3 Å². The minimum Gasteiger partial charge on any atom is -0.383 e. The minimum absolute atomic E-state index is 0.528. The molecule has 3 rings (SSSR count). The van der Waals surface area contributed by atoms with Crippen molar-refractivity contribution in [3.63, 3.8) is 0 Å². The number of hydrogen-bond acceptors (Lipinski definition) is 5. The maximum atomic E-state index is 6.04. The van der Waals surface area contributed by atoms with Crippen LogP contribution in [0.15, 0.2) is 10.6 Å². The molecule has 6 heteroatoms. The Bertz CT molecular complexity index is 800. The second kappa shape index (κ2) is 4.33. The predicted molar refractivity (Wildman–Crippen MR) is 76.5 cm³/mol. The summed E-state index contributed by atoms with van der Waals surface area (Å²) < 4.78 is 7.39. The standard InChI is InChI=1S/C14H17N5O/c1-7-5-11(20-18-7)6-19-9(3)8(2)12-13(15)16-10(4)17-14(12)19/h5H,6H2,1-4H3,(H2,15,16,17). The molecule has 0 bridgehead atoms. The highest BCUT2D eigenvalue weighted by molar-refractivity contribution is 5.91. The Labute approximate surface area is 116 Å². The van der Waals surface area contributed by atoms with Crippen LogP contribution >= 0.6 is 0 Å². The van der Waals surface area contributed by atoms with Gasteiger partial charge >= 0.3 is 0 Å². The topological polar surface area (TPSA) is 82.8 Å². The van der Waals surface area contributed by atoms with Gasteiger partial charge in [0.15, 0.2) is 5.76 Å². The van der Waals surface area contributed by atoms with E-state index in [1.807, 2.05) is 26.8 Å². The third-order valence-electron chi connectivity index (χ3n) is 3.60. The first-order valence-electron chi connectivity index (χ1n) is 6.49. The SMILES string of the molecule is Cc1cc(Cn2c(C)c(C)c3c(N)nc(C)nc32)on1. The molecule has 0 atom stereocenters. The number of nitrogen functional groups attached to an aromatic ring is 1. The summed E-state index contributed by atoms with van der Waals surface area (Å²) in [4.78, 5) is 8.78. The quantitative estimate of drug-likeness (QED) is 0.773. The largest absolute Gasteiger partial charge is 0.383 e. The number of nitrogens with zero attached hydrogens (tertiary/aromatic N) is 4. The lowest BCUT2D eigenvalue weighted by Crippen LogP contribution is -2.04. The highest BCUT2D eigenvalue weighted by Gasteiger charge is 2.17. The second-order valence-electron chi connectivity index (χ2n) is 5.09. The van der Waals surface area contributed by atoms with E-state index in [1.165, 1.54) is 0 Å². The van der Waals surface area contributed by atoms with Gasteiger partial charge in [0.2, 0.25) is 0 Å². The van der Waals surface area contributed by atoms with Crippen molar-refractivity contribution in [2.45, 2.75) is 34.2 Å². The Morgan fingerprint density at radius 1 is 1.20 bits per heavy atom. The zero-order chi connectivity index (χ0) is 14.4. The van der Waals surface area contributed by atoms with Gasteiger partial charge in [-0.2, -0.15) is 0 Å². The van der Waals surface area contributed by atoms with E-state index < -0.39 is 0 Å². The lowest BCUT2D eigenvalue weighted by Gasteiger charge is -2.05. The van der Waals surface area contributed by atoms with Gasteiger partial charge in [-0.15, -0.1) is 0 Å². The summed E-state index contributed by atoms with van der Waals surface area (Å²) in [6.07, 6.45) is 0. The Kier molecular flexibility index (Phi) is 2.74. The first-order valence-corrected chi connectivity index (χ1v) is 6.49. The van der Waals surface area contributed by atoms with Gasteiger partial charge in [0.25, 0.3) is 0 Å². The van der Waals surface area contributed by atoms with Crippen molar-refractivity contribution in [1.29, 1.82) is 0 Å². The molecule has 0 saturated heterocycles. The number of rotatable bonds is 2. The summed E-state index contributed by atoms with van der Waals surface area (Å²) in [5, 5.41) is 4.84. The summed E-state index contributed by atoms with van der Waals surface area (Å²) in [7, 11) is 0. The van der Waals surface area contributed by atoms with Crippen LogP contribution in [0.4, 0.5) is 5.82 Å². The molecule has 104 valence electrons. The molecular formula is C14H17N5O. The van der Waals surface area contributed by atoms with Crippen LogP contribution < -0.4 is 5.73 Å². The minimum atomic E-state index is 0.528. The summed E-state index contributed by atoms with van der Waals surface area (Å²) >= 11 is 0. The van der Waals surface area contributed by atoms with Gasteiger partial charge in [-0.3, -0.25) is 0 Å². The average Bonchev–Trinajstić information content (AvgIpc) is 2.87. The van der Waals surface area contributed by atoms with Crippen LogP contribution in [0, 0.1) is 27.7 Å². The normalized spacial score (nSPS) is 11.4. The molecule has 0 spiro atoms. The number of aryl methyl sites for hydroxylation is 3. The first kappa shape index (κ1) is 12.7. The van der Waals surface area contributed by atoms with E-state index in [0.717, 1.165) is 33.7 Å². The molecule has 3 aromatic rings. The Morgan fingerprint density at radius 3 is 2.60 bits per heavy atom. The van der Waals surface area contributed by atoms with Crippen molar-refractivity contribution in [2.75, 3.05) is 5.73 Å². The van der Waals surface area contributed by atoms with E-state index >= 15 is 0 Å². The van der Waals surface area contributed by atoms with Crippen LogP contribution in [0.3, 0.4) is 0 Å². The molecule has 0 aliphatic carbocycles. The van der Waals surface area contributed by atoms with E-state index in [-0.39, 0.29) is 0 Å². The molecule has 0 unspecified atom stereocenters. The molecule has 0 amide bonds. The van der Waals surface area contributed by atoms with E-state index in [9.17, 15) is 0 Å². The third kappa shape index (κ3) is 1.84. The molecule has 6 nitrogen and oxygen atoms in total. The van der Waals surface area contributed by atoms with Gasteiger partial charge in [-0.25, -0.2) is 9.97 Å². The van der Waals surface area contributed by atoms with Gasteiger partial charge in [-0.1, -0.05) is 5.16 Å². The Hall–Kier alpha value is -2.37. The number of aromatic nitrogens is 4. The highest BCUT2D eigenvalue weighted by atomic mass is 16.5. The molecule has 0 aliphatic rings. The van der Waals surface area contributed by atoms with Crippen molar-refractivity contribution >= 4 is 16.9 Å². The lowest BCUT2D eigenvalue weighted by molar-refractivity contribution is 0.373. The van der Waals surface area contributed by atoms with Crippen LogP contribution in [-0.4, -0.2) is 19.7 Å². The predicted octanol–water partition coefficient (Wildman–Crippen LogP) is 2.28. The van der Waals surface area contributed by atoms with Crippen molar-refractivity contribution in [1.82, 2.24) is 19.7 Å². The molecule has 20 heavy (non-hydrogen) atoms. The molecule has 0 saturated carbocycles. The molecular weight excluding hydrogens is 254 g/mol. The fourth-order valence-corrected chi connectivity index (χ4v) is 2.52. The van der Waals surface area contributed by atoms with Gasteiger partial charge in [0, 0.05) is 11.8 Å². The Morgan fingerprint density at radius 2 is 1.95 bits per heavy atom. The molecule has 0 aromatic carbocycles. The second-order valence-corrected chi connectivity index (χ2v) is 5.09. The van der Waals surface area contributed by atoms with Crippen molar-refractivity contribution in [3.05, 3.63) is 34.6 Å². The maximum absolute atomic E-state index is 6.04. The van der Waals surface area contributed by atoms with Crippen LogP contribution in [0.1, 0.15) is 28.5 Å². The van der Waals surface area contributed by atoms with Gasteiger partial charge in [0.05, 0.1) is 17.6 Å². The van der Waals surface area contributed by atoms with Crippen molar-refractivity contribution < 1.29 is 4.52 Å². The maximum Gasteiger partial charge on any atom is 0.156 e. The summed E-state index contributed by atoms with van der Waals surface area (Å²) in [5.74, 6) is 2.00. The van der Waals surface area contributed by atoms with Crippen molar-refractivity contribution in [3.8, 4) is 0 Å². The number of fused-ring (bicyclic) bond motifs is 1. The number of nitrogens with two attached hydrogens (primary N) is 1. The summed E-state index contributed by atoms with van der Waals surface area (Å²) in [6, 6.07) is 1.93. The van der Waals surface area contributed by atoms with Crippen LogP contribution in [0.25, 0.3) is 11.0 Å². The van der Waals surface area contributed by atoms with E-state index in [4.69, 9.17) is 10.3 Å². The molecule has 0 radical (unpaired) electrons. The van der Waals surface area contributed by atoms with E-state index in [0.29, 0.717) is 18.2 Å². The fourth-order valence-electron chi connectivity index (χ4n) is 2.52. The molecule has 3 heterocycles. The zero-order valence-corrected chi connectivity index (χ0v) is 12.1. The summed E-state index contributed by atoms with van der Waals surface area (Å²) in [5.41, 5.74) is 9.97. The average molecular weight is 271 g/mol. The molecule has 2 N–H and O–H groups in total. The van der Waals surface area contributed by atoms with Crippen LogP contribution in [-0.2, 0) is 6.54 Å². The fraction of sp³-hybridized carbons (Fsp3) is 0.357. The number of hydrogen-bond donors (Lipinski definition) is 1. The smallest absolute Gasteiger partial charge is 0.156 e. The molecule has 0 fully saturated rings. The molecule has 0 aliphatic heterocycles. The first-order chi connectivity index (χ1) is 9.47. The van der Waals surface area contributed by atoms with E-state index in [1.54, 1.807) is 0 Å². The molecule has 3 aromatic heterocycles. The van der Waals surface area contributed by atoms with Crippen molar-refractivity contribution in [2.24, 2.45) is 0 Å². The Balaban J connectivity index is 2.22. The third-order valence-corrected chi connectivity index (χ3v) is 3.60. The lowest BCUT2D eigenvalue weighted by atomic mass is 10.2. The zero-order valence-electron chi connectivity index (χ0n) is 12.1. The summed E-state index contributed by atoms with van der Waals surface area (Å²) in [6.45, 7) is 8.43. The highest BCUT2D eigenvalue weighted by Crippen LogP contribution is 2.28. The van der Waals surface area contributed by atoms with Crippen LogP contribution in [0.2, 0.25) is 0 Å². The van der Waals surface area contributed by atoms with E-state index in [2.05, 4.69) is 26.6 Å². The monoisotopic (exact) mass is 271 g/mol. The van der Waals surface area contributed by atoms with Crippen LogP contribution in [0.5, 0.6) is 0 Å².